The highest BCUT2D eigenvalue weighted by molar-refractivity contribution is 5.39. The lowest BCUT2D eigenvalue weighted by molar-refractivity contribution is 0.286. The van der Waals surface area contributed by atoms with Gasteiger partial charge in [0.15, 0.2) is 0 Å². The molecule has 104 valence electrons. The second-order valence-corrected chi connectivity index (χ2v) is 6.56. The summed E-state index contributed by atoms with van der Waals surface area (Å²) in [6.45, 7) is 0. The van der Waals surface area contributed by atoms with Crippen molar-refractivity contribution in [3.8, 4) is 0 Å². The second-order valence-electron chi connectivity index (χ2n) is 6.56. The van der Waals surface area contributed by atoms with Gasteiger partial charge in [-0.3, -0.25) is 0 Å². The third-order valence-electron chi connectivity index (χ3n) is 5.28. The summed E-state index contributed by atoms with van der Waals surface area (Å²) in [7, 11) is 2.15. The van der Waals surface area contributed by atoms with Gasteiger partial charge in [0.25, 0.3) is 0 Å². The quantitative estimate of drug-likeness (QED) is 0.830. The van der Waals surface area contributed by atoms with Crippen molar-refractivity contribution in [2.75, 3.05) is 7.05 Å². The highest BCUT2D eigenvalue weighted by Crippen LogP contribution is 2.39. The van der Waals surface area contributed by atoms with Crippen molar-refractivity contribution in [1.82, 2.24) is 5.32 Å². The van der Waals surface area contributed by atoms with Crippen LogP contribution in [0.2, 0.25) is 0 Å². The van der Waals surface area contributed by atoms with E-state index in [0.717, 1.165) is 17.9 Å². The van der Waals surface area contributed by atoms with Crippen molar-refractivity contribution >= 4 is 0 Å². The molecule has 2 aliphatic carbocycles. The van der Waals surface area contributed by atoms with Crippen molar-refractivity contribution in [3.63, 3.8) is 0 Å². The van der Waals surface area contributed by atoms with Gasteiger partial charge in [-0.05, 0) is 49.3 Å². The Balaban J connectivity index is 1.53. The van der Waals surface area contributed by atoms with Crippen molar-refractivity contribution in [2.45, 2.75) is 63.3 Å². The minimum atomic E-state index is 0.724. The van der Waals surface area contributed by atoms with E-state index in [-0.39, 0.29) is 0 Å². The number of hydrogen-bond donors (Lipinski definition) is 1. The van der Waals surface area contributed by atoms with Crippen LogP contribution in [0.5, 0.6) is 0 Å². The van der Waals surface area contributed by atoms with E-state index in [9.17, 15) is 0 Å². The molecule has 1 heteroatoms. The van der Waals surface area contributed by atoms with E-state index < -0.39 is 0 Å². The number of benzene rings is 1. The van der Waals surface area contributed by atoms with Crippen molar-refractivity contribution in [1.29, 1.82) is 0 Å². The number of nitrogens with one attached hydrogen (secondary N) is 1. The van der Waals surface area contributed by atoms with E-state index in [4.69, 9.17) is 0 Å². The summed E-state index contributed by atoms with van der Waals surface area (Å²) in [5.41, 5.74) is 3.20. The Morgan fingerprint density at radius 1 is 1.11 bits per heavy atom. The van der Waals surface area contributed by atoms with E-state index in [1.165, 1.54) is 51.4 Å². The molecule has 1 aromatic rings. The molecule has 1 saturated carbocycles. The van der Waals surface area contributed by atoms with E-state index in [0.29, 0.717) is 0 Å². The lowest BCUT2D eigenvalue weighted by Crippen LogP contribution is -2.33. The van der Waals surface area contributed by atoms with Crippen LogP contribution < -0.4 is 5.32 Å². The smallest absolute Gasteiger partial charge is 0.00726 e. The highest BCUT2D eigenvalue weighted by Gasteiger charge is 2.28. The molecule has 19 heavy (non-hydrogen) atoms. The summed E-state index contributed by atoms with van der Waals surface area (Å²) in [6.07, 6.45) is 11.4. The minimum absolute atomic E-state index is 0.724. The van der Waals surface area contributed by atoms with Gasteiger partial charge < -0.3 is 5.32 Å². The molecular formula is C18H27N. The lowest BCUT2D eigenvalue weighted by Gasteiger charge is -2.34. The van der Waals surface area contributed by atoms with Crippen LogP contribution in [0, 0.1) is 5.92 Å². The molecule has 0 radical (unpaired) electrons. The lowest BCUT2D eigenvalue weighted by atomic mass is 9.73. The van der Waals surface area contributed by atoms with Crippen molar-refractivity contribution < 1.29 is 0 Å². The molecule has 0 amide bonds. The first-order valence-electron chi connectivity index (χ1n) is 8.12. The summed E-state index contributed by atoms with van der Waals surface area (Å²) >= 11 is 0. The molecule has 1 aromatic carbocycles. The Morgan fingerprint density at radius 3 is 2.63 bits per heavy atom. The maximum Gasteiger partial charge on any atom is 0.00726 e. The summed E-state index contributed by atoms with van der Waals surface area (Å²) in [5, 5.41) is 3.58. The van der Waals surface area contributed by atoms with Gasteiger partial charge in [0, 0.05) is 6.04 Å². The minimum Gasteiger partial charge on any atom is -0.317 e. The zero-order valence-corrected chi connectivity index (χ0v) is 12.2. The maximum atomic E-state index is 3.58. The molecule has 0 heterocycles. The van der Waals surface area contributed by atoms with Crippen LogP contribution >= 0.6 is 0 Å². The summed E-state index contributed by atoms with van der Waals surface area (Å²) in [6, 6.07) is 9.71. The predicted molar refractivity (Wildman–Crippen MR) is 81.5 cm³/mol. The Bertz CT molecular complexity index is 406. The number of fused-ring (bicyclic) bond motifs is 1. The van der Waals surface area contributed by atoms with Crippen LogP contribution in [-0.4, -0.2) is 13.1 Å². The molecule has 3 rings (SSSR count). The van der Waals surface area contributed by atoms with E-state index in [1.54, 1.807) is 11.1 Å². The van der Waals surface area contributed by atoms with E-state index in [1.807, 2.05) is 0 Å². The molecule has 1 fully saturated rings. The van der Waals surface area contributed by atoms with Crippen LogP contribution in [0.4, 0.5) is 0 Å². The zero-order valence-electron chi connectivity index (χ0n) is 12.2. The van der Waals surface area contributed by atoms with Crippen LogP contribution in [0.3, 0.4) is 0 Å². The van der Waals surface area contributed by atoms with Crippen molar-refractivity contribution in [3.05, 3.63) is 35.4 Å². The van der Waals surface area contributed by atoms with Crippen molar-refractivity contribution in [2.24, 2.45) is 5.92 Å². The van der Waals surface area contributed by atoms with Crippen LogP contribution in [0.25, 0.3) is 0 Å². The fourth-order valence-electron chi connectivity index (χ4n) is 4.07. The molecule has 0 aromatic heterocycles. The largest absolute Gasteiger partial charge is 0.317 e. The number of rotatable bonds is 5. The SMILES string of the molecule is CNC(CC1CCCCC1)CC1Cc2ccccc21. The average Bonchev–Trinajstić information content (AvgIpc) is 2.44. The second kappa shape index (κ2) is 6.09. The van der Waals surface area contributed by atoms with Gasteiger partial charge in [-0.25, -0.2) is 0 Å². The molecule has 2 aliphatic rings. The monoisotopic (exact) mass is 257 g/mol. The summed E-state index contributed by atoms with van der Waals surface area (Å²) in [4.78, 5) is 0. The average molecular weight is 257 g/mol. The topological polar surface area (TPSA) is 12.0 Å². The molecule has 0 aliphatic heterocycles. The first-order valence-corrected chi connectivity index (χ1v) is 8.12. The summed E-state index contributed by atoms with van der Waals surface area (Å²) < 4.78 is 0. The first-order chi connectivity index (χ1) is 9.36. The van der Waals surface area contributed by atoms with Crippen LogP contribution in [0.15, 0.2) is 24.3 Å². The number of hydrogen-bond acceptors (Lipinski definition) is 1. The molecular weight excluding hydrogens is 230 g/mol. The van der Waals surface area contributed by atoms with E-state index >= 15 is 0 Å². The highest BCUT2D eigenvalue weighted by atomic mass is 14.9. The van der Waals surface area contributed by atoms with Gasteiger partial charge >= 0.3 is 0 Å². The molecule has 0 bridgehead atoms. The fourth-order valence-corrected chi connectivity index (χ4v) is 4.07. The first kappa shape index (κ1) is 13.2. The van der Waals surface area contributed by atoms with E-state index in [2.05, 4.69) is 36.6 Å². The molecule has 1 N–H and O–H groups in total. The molecule has 2 unspecified atom stereocenters. The van der Waals surface area contributed by atoms with Gasteiger partial charge in [0.1, 0.15) is 0 Å². The van der Waals surface area contributed by atoms with Crippen LogP contribution in [-0.2, 0) is 6.42 Å². The Morgan fingerprint density at radius 2 is 1.89 bits per heavy atom. The zero-order chi connectivity index (χ0) is 13.1. The third kappa shape index (κ3) is 3.02. The molecule has 0 saturated heterocycles. The van der Waals surface area contributed by atoms with Gasteiger partial charge in [0.2, 0.25) is 0 Å². The molecule has 2 atom stereocenters. The summed E-state index contributed by atoms with van der Waals surface area (Å²) in [5.74, 6) is 1.80. The maximum absolute atomic E-state index is 3.58. The van der Waals surface area contributed by atoms with Gasteiger partial charge in [-0.2, -0.15) is 0 Å². The van der Waals surface area contributed by atoms with Crippen LogP contribution in [0.1, 0.15) is 62.0 Å². The third-order valence-corrected chi connectivity index (χ3v) is 5.28. The Kier molecular flexibility index (Phi) is 4.22. The van der Waals surface area contributed by atoms with Gasteiger partial charge in [-0.1, -0.05) is 56.4 Å². The predicted octanol–water partition coefficient (Wildman–Crippen LogP) is 4.27. The normalized spacial score (nSPS) is 24.6. The fraction of sp³-hybridized carbons (Fsp3) is 0.667. The van der Waals surface area contributed by atoms with Gasteiger partial charge in [-0.15, -0.1) is 0 Å². The van der Waals surface area contributed by atoms with Gasteiger partial charge in [0.05, 0.1) is 0 Å². The Labute approximate surface area is 117 Å². The Hall–Kier alpha value is -0.820. The molecule has 1 nitrogen and oxygen atoms in total. The molecule has 0 spiro atoms. The standard InChI is InChI=1S/C18H27N/c1-19-17(11-14-7-3-2-4-8-14)13-16-12-15-9-5-6-10-18(15)16/h5-6,9-10,14,16-17,19H,2-4,7-8,11-13H2,1H3.